The molecule has 1 aliphatic rings. The van der Waals surface area contributed by atoms with Gasteiger partial charge in [0.05, 0.1) is 4.99 Å². The second kappa shape index (κ2) is 3.31. The van der Waals surface area contributed by atoms with Gasteiger partial charge >= 0.3 is 0 Å². The van der Waals surface area contributed by atoms with Crippen LogP contribution in [0.25, 0.3) is 0 Å². The largest absolute Gasteiger partial charge is 0.369 e. The summed E-state index contributed by atoms with van der Waals surface area (Å²) >= 11 is 4.96. The topological polar surface area (TPSA) is 43.7 Å². The van der Waals surface area contributed by atoms with Crippen LogP contribution < -0.4 is 0 Å². The van der Waals surface area contributed by atoms with Crippen LogP contribution in [0.3, 0.4) is 0 Å². The Bertz CT molecular complexity index is 351. The van der Waals surface area contributed by atoms with Crippen LogP contribution in [0.15, 0.2) is 24.3 Å². The van der Waals surface area contributed by atoms with Gasteiger partial charge < -0.3 is 15.1 Å². The minimum Gasteiger partial charge on any atom is -0.369 e. The predicted octanol–water partition coefficient (Wildman–Crippen LogP) is 1.33. The van der Waals surface area contributed by atoms with Gasteiger partial charge in [0.25, 0.3) is 0 Å². The lowest BCUT2D eigenvalue weighted by molar-refractivity contribution is -0.0325. The monoisotopic (exact) mass is 209 g/mol. The molecule has 1 aromatic rings. The maximum atomic E-state index is 9.86. The molecule has 2 rings (SSSR count). The van der Waals surface area contributed by atoms with Crippen LogP contribution in [0.1, 0.15) is 30.5 Å². The van der Waals surface area contributed by atoms with Crippen molar-refractivity contribution >= 4 is 17.2 Å². The fourth-order valence-electron chi connectivity index (χ4n) is 1.76. The summed E-state index contributed by atoms with van der Waals surface area (Å²) in [5, 5.41) is 19.7. The fraction of sp³-hybridized carbons (Fsp3) is 0.300. The number of rotatable bonds is 0. The van der Waals surface area contributed by atoms with Crippen molar-refractivity contribution in [2.24, 2.45) is 0 Å². The highest BCUT2D eigenvalue weighted by Gasteiger charge is 2.35. The van der Waals surface area contributed by atoms with Gasteiger partial charge in [-0.15, -0.1) is 0 Å². The molecule has 0 aromatic heterocycles. The van der Waals surface area contributed by atoms with Crippen molar-refractivity contribution in [3.63, 3.8) is 0 Å². The fourth-order valence-corrected chi connectivity index (χ4v) is 1.96. The standard InChI is InChI=1S/C10H11NO2S/c1-6(14)11-9(12)7-4-2-3-5-8(7)10(11)13/h2-5,9-10,12-13H,1H3. The molecule has 0 radical (unpaired) electrons. The van der Waals surface area contributed by atoms with Crippen LogP contribution in [0.4, 0.5) is 0 Å². The highest BCUT2D eigenvalue weighted by atomic mass is 32.1. The SMILES string of the molecule is CC(=S)N1C(O)c2ccccc2C1O. The van der Waals surface area contributed by atoms with Gasteiger partial charge in [0.15, 0.2) is 12.5 Å². The molecule has 1 aliphatic heterocycles. The summed E-state index contributed by atoms with van der Waals surface area (Å²) in [5.74, 6) is 0. The molecule has 2 unspecified atom stereocenters. The lowest BCUT2D eigenvalue weighted by Gasteiger charge is -2.24. The third-order valence-electron chi connectivity index (χ3n) is 2.44. The summed E-state index contributed by atoms with van der Waals surface area (Å²) in [4.78, 5) is 1.90. The Labute approximate surface area is 87.6 Å². The van der Waals surface area contributed by atoms with Crippen molar-refractivity contribution in [2.45, 2.75) is 19.4 Å². The van der Waals surface area contributed by atoms with Gasteiger partial charge in [-0.25, -0.2) is 0 Å². The van der Waals surface area contributed by atoms with Crippen LogP contribution in [-0.2, 0) is 0 Å². The van der Waals surface area contributed by atoms with Crippen molar-refractivity contribution < 1.29 is 10.2 Å². The number of hydrogen-bond acceptors (Lipinski definition) is 3. The Morgan fingerprint density at radius 3 is 2.00 bits per heavy atom. The molecule has 0 fully saturated rings. The van der Waals surface area contributed by atoms with Gasteiger partial charge in [0.1, 0.15) is 0 Å². The highest BCUT2D eigenvalue weighted by molar-refractivity contribution is 7.80. The van der Waals surface area contributed by atoms with Crippen molar-refractivity contribution in [3.8, 4) is 0 Å². The average molecular weight is 209 g/mol. The van der Waals surface area contributed by atoms with E-state index in [-0.39, 0.29) is 0 Å². The van der Waals surface area contributed by atoms with Gasteiger partial charge in [-0.05, 0) is 6.92 Å². The van der Waals surface area contributed by atoms with E-state index in [0.29, 0.717) is 4.99 Å². The van der Waals surface area contributed by atoms with E-state index in [1.54, 1.807) is 19.1 Å². The molecule has 14 heavy (non-hydrogen) atoms. The van der Waals surface area contributed by atoms with E-state index in [4.69, 9.17) is 12.2 Å². The minimum absolute atomic E-state index is 0.487. The van der Waals surface area contributed by atoms with E-state index in [0.717, 1.165) is 11.1 Å². The molecule has 0 saturated heterocycles. The summed E-state index contributed by atoms with van der Waals surface area (Å²) in [7, 11) is 0. The lowest BCUT2D eigenvalue weighted by Crippen LogP contribution is -2.29. The first kappa shape index (κ1) is 9.58. The molecule has 0 amide bonds. The van der Waals surface area contributed by atoms with E-state index in [1.807, 2.05) is 12.1 Å². The van der Waals surface area contributed by atoms with Crippen molar-refractivity contribution in [3.05, 3.63) is 35.4 Å². The van der Waals surface area contributed by atoms with Crippen LogP contribution in [-0.4, -0.2) is 20.1 Å². The van der Waals surface area contributed by atoms with E-state index in [2.05, 4.69) is 0 Å². The predicted molar refractivity (Wildman–Crippen MR) is 56.5 cm³/mol. The van der Waals surface area contributed by atoms with Gasteiger partial charge in [0, 0.05) is 11.1 Å². The highest BCUT2D eigenvalue weighted by Crippen LogP contribution is 2.38. The van der Waals surface area contributed by atoms with Crippen molar-refractivity contribution in [1.29, 1.82) is 0 Å². The number of hydrogen-bond donors (Lipinski definition) is 2. The number of aliphatic hydroxyl groups is 2. The zero-order valence-corrected chi connectivity index (χ0v) is 8.53. The first-order valence-electron chi connectivity index (χ1n) is 4.37. The molecule has 2 atom stereocenters. The van der Waals surface area contributed by atoms with Crippen LogP contribution in [0, 0.1) is 0 Å². The Morgan fingerprint density at radius 1 is 1.21 bits per heavy atom. The molecule has 0 aliphatic carbocycles. The Hall–Kier alpha value is -0.970. The summed E-state index contributed by atoms with van der Waals surface area (Å²) in [6, 6.07) is 7.25. The molecule has 74 valence electrons. The molecular formula is C10H11NO2S. The molecule has 3 nitrogen and oxygen atoms in total. The van der Waals surface area contributed by atoms with E-state index >= 15 is 0 Å². The first-order chi connectivity index (χ1) is 6.63. The third-order valence-corrected chi connectivity index (χ3v) is 2.65. The zero-order valence-electron chi connectivity index (χ0n) is 7.71. The van der Waals surface area contributed by atoms with Gasteiger partial charge in [-0.3, -0.25) is 0 Å². The third kappa shape index (κ3) is 1.23. The van der Waals surface area contributed by atoms with E-state index in [9.17, 15) is 10.2 Å². The molecule has 0 bridgehead atoms. The smallest absolute Gasteiger partial charge is 0.156 e. The van der Waals surface area contributed by atoms with Crippen molar-refractivity contribution in [2.75, 3.05) is 0 Å². The molecule has 0 saturated carbocycles. The minimum atomic E-state index is -0.821. The number of fused-ring (bicyclic) bond motifs is 1. The number of thiocarbonyl (C=S) groups is 1. The molecule has 1 aromatic carbocycles. The summed E-state index contributed by atoms with van der Waals surface area (Å²) in [5.41, 5.74) is 1.45. The maximum Gasteiger partial charge on any atom is 0.156 e. The van der Waals surface area contributed by atoms with E-state index < -0.39 is 12.5 Å². The van der Waals surface area contributed by atoms with Gasteiger partial charge in [-0.1, -0.05) is 36.5 Å². The second-order valence-corrected chi connectivity index (χ2v) is 3.89. The Morgan fingerprint density at radius 2 is 1.64 bits per heavy atom. The first-order valence-corrected chi connectivity index (χ1v) is 4.77. The molecule has 0 spiro atoms. The van der Waals surface area contributed by atoms with Gasteiger partial charge in [0.2, 0.25) is 0 Å². The Kier molecular flexibility index (Phi) is 2.26. The van der Waals surface area contributed by atoms with E-state index in [1.165, 1.54) is 4.90 Å². The molecule has 2 N–H and O–H groups in total. The van der Waals surface area contributed by atoms with Crippen molar-refractivity contribution in [1.82, 2.24) is 4.90 Å². The average Bonchev–Trinajstić information content (AvgIpc) is 2.41. The number of nitrogens with zero attached hydrogens (tertiary/aromatic N) is 1. The second-order valence-electron chi connectivity index (χ2n) is 3.30. The molecule has 1 heterocycles. The number of aliphatic hydroxyl groups excluding tert-OH is 2. The Balaban J connectivity index is 2.48. The maximum absolute atomic E-state index is 9.86. The zero-order chi connectivity index (χ0) is 10.3. The normalized spacial score (nSPS) is 24.9. The van der Waals surface area contributed by atoms with Crippen LogP contribution in [0.5, 0.6) is 0 Å². The summed E-state index contributed by atoms with van der Waals surface area (Å²) in [6.07, 6.45) is -1.64. The summed E-state index contributed by atoms with van der Waals surface area (Å²) in [6.45, 7) is 1.69. The quantitative estimate of drug-likeness (QED) is 0.633. The summed E-state index contributed by atoms with van der Waals surface area (Å²) < 4.78 is 0. The lowest BCUT2D eigenvalue weighted by atomic mass is 10.1. The van der Waals surface area contributed by atoms with Gasteiger partial charge in [-0.2, -0.15) is 0 Å². The molecular weight excluding hydrogens is 198 g/mol. The number of benzene rings is 1. The van der Waals surface area contributed by atoms with Crippen LogP contribution >= 0.6 is 12.2 Å². The molecule has 4 heteroatoms. The van der Waals surface area contributed by atoms with Crippen LogP contribution in [0.2, 0.25) is 0 Å².